The normalized spacial score (nSPS) is 34.2. The van der Waals surface area contributed by atoms with Gasteiger partial charge in [0.25, 0.3) is 0 Å². The van der Waals surface area contributed by atoms with E-state index in [4.69, 9.17) is 24.7 Å². The smallest absolute Gasteiger partial charge is 0.184 e. The SMILES string of the molecule is N[C@@H]1[C@@H](OCc2ccccc2)O[C@@H]2CO[C@@H](c3ccccc3)O[C@H]2[C@H]1O. The molecule has 6 heteroatoms. The zero-order valence-electron chi connectivity index (χ0n) is 14.3. The van der Waals surface area contributed by atoms with Gasteiger partial charge in [0.1, 0.15) is 18.3 Å². The first-order chi connectivity index (χ1) is 12.7. The lowest BCUT2D eigenvalue weighted by molar-refractivity contribution is -0.343. The van der Waals surface area contributed by atoms with Crippen molar-refractivity contribution in [2.24, 2.45) is 5.73 Å². The van der Waals surface area contributed by atoms with Crippen molar-refractivity contribution < 1.29 is 24.1 Å². The number of benzene rings is 2. The van der Waals surface area contributed by atoms with Crippen LogP contribution in [0.15, 0.2) is 60.7 Å². The highest BCUT2D eigenvalue weighted by molar-refractivity contribution is 5.17. The molecule has 0 aliphatic carbocycles. The predicted octanol–water partition coefficient (Wildman–Crippen LogP) is 1.73. The van der Waals surface area contributed by atoms with Gasteiger partial charge in [0.2, 0.25) is 0 Å². The zero-order valence-corrected chi connectivity index (χ0v) is 14.3. The Bertz CT molecular complexity index is 696. The molecule has 4 rings (SSSR count). The molecule has 0 saturated carbocycles. The van der Waals surface area contributed by atoms with E-state index in [1.54, 1.807) is 0 Å². The van der Waals surface area contributed by atoms with Crippen LogP contribution in [-0.4, -0.2) is 42.4 Å². The second-order valence-corrected chi connectivity index (χ2v) is 6.58. The molecule has 0 amide bonds. The third kappa shape index (κ3) is 3.66. The highest BCUT2D eigenvalue weighted by Crippen LogP contribution is 2.33. The Balaban J connectivity index is 1.40. The molecule has 0 aromatic heterocycles. The summed E-state index contributed by atoms with van der Waals surface area (Å²) in [5.41, 5.74) is 8.07. The van der Waals surface area contributed by atoms with Crippen LogP contribution in [0.1, 0.15) is 17.4 Å². The maximum absolute atomic E-state index is 10.6. The Morgan fingerprint density at radius 2 is 1.69 bits per heavy atom. The second kappa shape index (κ2) is 7.84. The van der Waals surface area contributed by atoms with Crippen molar-refractivity contribution in [3.8, 4) is 0 Å². The summed E-state index contributed by atoms with van der Waals surface area (Å²) in [6.45, 7) is 0.664. The number of hydrogen-bond acceptors (Lipinski definition) is 6. The summed E-state index contributed by atoms with van der Waals surface area (Å²) in [5.74, 6) is 0. The number of aliphatic hydroxyl groups is 1. The lowest BCUT2D eigenvalue weighted by Gasteiger charge is -2.46. The van der Waals surface area contributed by atoms with Crippen LogP contribution in [0.4, 0.5) is 0 Å². The van der Waals surface area contributed by atoms with E-state index in [2.05, 4.69) is 0 Å². The number of ether oxygens (including phenoxy) is 4. The van der Waals surface area contributed by atoms with Crippen LogP contribution >= 0.6 is 0 Å². The minimum Gasteiger partial charge on any atom is -0.388 e. The lowest BCUT2D eigenvalue weighted by atomic mass is 9.96. The van der Waals surface area contributed by atoms with E-state index < -0.39 is 36.9 Å². The summed E-state index contributed by atoms with van der Waals surface area (Å²) < 4.78 is 23.4. The second-order valence-electron chi connectivity index (χ2n) is 6.58. The Hall–Kier alpha value is -1.80. The highest BCUT2D eigenvalue weighted by atomic mass is 16.7. The van der Waals surface area contributed by atoms with Gasteiger partial charge in [-0.2, -0.15) is 0 Å². The van der Waals surface area contributed by atoms with Crippen molar-refractivity contribution in [3.63, 3.8) is 0 Å². The Morgan fingerprint density at radius 1 is 1.00 bits per heavy atom. The van der Waals surface area contributed by atoms with Gasteiger partial charge in [0.05, 0.1) is 19.3 Å². The molecule has 3 N–H and O–H groups in total. The van der Waals surface area contributed by atoms with Gasteiger partial charge >= 0.3 is 0 Å². The molecule has 0 radical (unpaired) electrons. The fraction of sp³-hybridized carbons (Fsp3) is 0.400. The van der Waals surface area contributed by atoms with Crippen LogP contribution in [-0.2, 0) is 25.6 Å². The number of aliphatic hydroxyl groups excluding tert-OH is 1. The van der Waals surface area contributed by atoms with E-state index in [-0.39, 0.29) is 0 Å². The van der Waals surface area contributed by atoms with Gasteiger partial charge < -0.3 is 29.8 Å². The molecule has 0 spiro atoms. The monoisotopic (exact) mass is 357 g/mol. The maximum atomic E-state index is 10.6. The molecule has 0 bridgehead atoms. The first-order valence-corrected chi connectivity index (χ1v) is 8.79. The van der Waals surface area contributed by atoms with Gasteiger partial charge in [-0.3, -0.25) is 0 Å². The molecule has 2 saturated heterocycles. The highest BCUT2D eigenvalue weighted by Gasteiger charge is 2.48. The quantitative estimate of drug-likeness (QED) is 0.867. The molecule has 2 aromatic carbocycles. The van der Waals surface area contributed by atoms with Crippen LogP contribution in [0, 0.1) is 0 Å². The van der Waals surface area contributed by atoms with Gasteiger partial charge in [0, 0.05) is 5.56 Å². The van der Waals surface area contributed by atoms with E-state index in [1.807, 2.05) is 60.7 Å². The van der Waals surface area contributed by atoms with Crippen LogP contribution in [0.25, 0.3) is 0 Å². The lowest BCUT2D eigenvalue weighted by Crippen LogP contribution is -2.64. The molecule has 2 aromatic rings. The molecule has 2 fully saturated rings. The van der Waals surface area contributed by atoms with Crippen molar-refractivity contribution in [2.75, 3.05) is 6.61 Å². The molecule has 0 unspecified atom stereocenters. The van der Waals surface area contributed by atoms with Gasteiger partial charge in [0.15, 0.2) is 12.6 Å². The fourth-order valence-corrected chi connectivity index (χ4v) is 3.29. The number of fused-ring (bicyclic) bond motifs is 1. The summed E-state index contributed by atoms with van der Waals surface area (Å²) >= 11 is 0. The molecule has 2 aliphatic heterocycles. The number of hydrogen-bond donors (Lipinski definition) is 2. The molecule has 138 valence electrons. The first-order valence-electron chi connectivity index (χ1n) is 8.79. The minimum absolute atomic E-state index is 0.305. The number of rotatable bonds is 4. The van der Waals surface area contributed by atoms with Crippen molar-refractivity contribution in [1.29, 1.82) is 0 Å². The van der Waals surface area contributed by atoms with Crippen molar-refractivity contribution >= 4 is 0 Å². The summed E-state index contributed by atoms with van der Waals surface area (Å²) in [4.78, 5) is 0. The zero-order chi connectivity index (χ0) is 17.9. The van der Waals surface area contributed by atoms with E-state index in [0.29, 0.717) is 13.2 Å². The average molecular weight is 357 g/mol. The molecule has 26 heavy (non-hydrogen) atoms. The largest absolute Gasteiger partial charge is 0.388 e. The van der Waals surface area contributed by atoms with Crippen molar-refractivity contribution in [1.82, 2.24) is 0 Å². The summed E-state index contributed by atoms with van der Waals surface area (Å²) in [6.07, 6.45) is -3.13. The third-order valence-electron chi connectivity index (χ3n) is 4.74. The predicted molar refractivity (Wildman–Crippen MR) is 93.9 cm³/mol. The molecule has 2 aliphatic rings. The van der Waals surface area contributed by atoms with Gasteiger partial charge in [-0.25, -0.2) is 0 Å². The Morgan fingerprint density at radius 3 is 2.42 bits per heavy atom. The molecule has 6 atom stereocenters. The summed E-state index contributed by atoms with van der Waals surface area (Å²) in [5, 5.41) is 10.6. The van der Waals surface area contributed by atoms with E-state index in [1.165, 1.54) is 0 Å². The van der Waals surface area contributed by atoms with E-state index >= 15 is 0 Å². The van der Waals surface area contributed by atoms with Crippen LogP contribution < -0.4 is 5.73 Å². The molecule has 2 heterocycles. The molecular formula is C20H23NO5. The third-order valence-corrected chi connectivity index (χ3v) is 4.74. The van der Waals surface area contributed by atoms with E-state index in [0.717, 1.165) is 11.1 Å². The minimum atomic E-state index is -0.898. The van der Waals surface area contributed by atoms with Gasteiger partial charge in [-0.15, -0.1) is 0 Å². The first kappa shape index (κ1) is 17.6. The van der Waals surface area contributed by atoms with Crippen molar-refractivity contribution in [2.45, 2.75) is 43.5 Å². The number of nitrogens with two attached hydrogens (primary N) is 1. The van der Waals surface area contributed by atoms with Crippen LogP contribution in [0.2, 0.25) is 0 Å². The summed E-state index contributed by atoms with van der Waals surface area (Å²) in [7, 11) is 0. The van der Waals surface area contributed by atoms with Crippen molar-refractivity contribution in [3.05, 3.63) is 71.8 Å². The standard InChI is InChI=1S/C20H23NO5/c21-16-17(22)18-15(12-24-19(26-18)14-9-5-2-6-10-14)25-20(16)23-11-13-7-3-1-4-8-13/h1-10,15-20,22H,11-12,21H2/t15-,16+,17+,18-,19-,20+/m1/s1. The van der Waals surface area contributed by atoms with Crippen LogP contribution in [0.3, 0.4) is 0 Å². The maximum Gasteiger partial charge on any atom is 0.184 e. The van der Waals surface area contributed by atoms with Crippen LogP contribution in [0.5, 0.6) is 0 Å². The Kier molecular flexibility index (Phi) is 5.31. The van der Waals surface area contributed by atoms with Gasteiger partial charge in [-0.1, -0.05) is 60.7 Å². The molecular weight excluding hydrogens is 334 g/mol. The van der Waals surface area contributed by atoms with E-state index in [9.17, 15) is 5.11 Å². The molecule has 6 nitrogen and oxygen atoms in total. The Labute approximate surface area is 152 Å². The average Bonchev–Trinajstić information content (AvgIpc) is 2.71. The topological polar surface area (TPSA) is 83.2 Å². The van der Waals surface area contributed by atoms with Gasteiger partial charge in [-0.05, 0) is 5.56 Å². The fourth-order valence-electron chi connectivity index (χ4n) is 3.29. The summed E-state index contributed by atoms with van der Waals surface area (Å²) in [6, 6.07) is 18.7.